The Kier molecular flexibility index (Phi) is 2.62. The molecule has 1 aromatic heterocycles. The number of rotatable bonds is 3. The quantitative estimate of drug-likeness (QED) is 0.666. The predicted molar refractivity (Wildman–Crippen MR) is 37.9 cm³/mol. The second-order valence-corrected chi connectivity index (χ2v) is 2.39. The normalized spacial score (nSPS) is 13.4. The van der Waals surface area contributed by atoms with Gasteiger partial charge in [-0.2, -0.15) is 0 Å². The molecule has 0 unspecified atom stereocenters. The van der Waals surface area contributed by atoms with Crippen LogP contribution in [0.15, 0.2) is 10.6 Å². The lowest BCUT2D eigenvalue weighted by Gasteiger charge is -2.01. The molecule has 4 heteroatoms. The highest BCUT2D eigenvalue weighted by Gasteiger charge is 2.10. The molecule has 0 saturated heterocycles. The standard InChI is InChI=1S/C7H11NO3/c1-5-4-6(8-11-5)7(10)2-3-9/h4,7,9-10H,2-3H2,1H3/t7-/m0/s1. The van der Waals surface area contributed by atoms with E-state index in [1.54, 1.807) is 13.0 Å². The van der Waals surface area contributed by atoms with E-state index < -0.39 is 6.10 Å². The van der Waals surface area contributed by atoms with Crippen molar-refractivity contribution in [3.05, 3.63) is 17.5 Å². The van der Waals surface area contributed by atoms with Crippen molar-refractivity contribution in [2.45, 2.75) is 19.4 Å². The van der Waals surface area contributed by atoms with Gasteiger partial charge in [0.25, 0.3) is 0 Å². The van der Waals surface area contributed by atoms with E-state index in [9.17, 15) is 5.11 Å². The molecule has 11 heavy (non-hydrogen) atoms. The fourth-order valence-corrected chi connectivity index (χ4v) is 0.813. The number of aliphatic hydroxyl groups is 2. The summed E-state index contributed by atoms with van der Waals surface area (Å²) in [4.78, 5) is 0. The largest absolute Gasteiger partial charge is 0.396 e. The maximum absolute atomic E-state index is 9.25. The summed E-state index contributed by atoms with van der Waals surface area (Å²) in [6.07, 6.45) is -0.413. The molecule has 4 nitrogen and oxygen atoms in total. The van der Waals surface area contributed by atoms with E-state index in [-0.39, 0.29) is 6.61 Å². The Morgan fingerprint density at radius 2 is 2.45 bits per heavy atom. The number of aromatic nitrogens is 1. The van der Waals surface area contributed by atoms with Gasteiger partial charge in [-0.05, 0) is 6.92 Å². The van der Waals surface area contributed by atoms with Crippen molar-refractivity contribution in [2.24, 2.45) is 0 Å². The molecule has 0 saturated carbocycles. The average Bonchev–Trinajstić information content (AvgIpc) is 2.36. The minimum absolute atomic E-state index is 0.0485. The van der Waals surface area contributed by atoms with Gasteiger partial charge in [0.05, 0.1) is 0 Å². The zero-order valence-electron chi connectivity index (χ0n) is 6.32. The summed E-state index contributed by atoms with van der Waals surface area (Å²) in [5, 5.41) is 21.3. The molecule has 0 aliphatic rings. The molecule has 0 fully saturated rings. The van der Waals surface area contributed by atoms with Crippen molar-refractivity contribution >= 4 is 0 Å². The zero-order valence-corrected chi connectivity index (χ0v) is 6.32. The Balaban J connectivity index is 2.60. The highest BCUT2D eigenvalue weighted by Crippen LogP contribution is 2.14. The highest BCUT2D eigenvalue weighted by atomic mass is 16.5. The van der Waals surface area contributed by atoms with Crippen molar-refractivity contribution in [3.63, 3.8) is 0 Å². The van der Waals surface area contributed by atoms with Gasteiger partial charge in [-0.1, -0.05) is 5.16 Å². The lowest BCUT2D eigenvalue weighted by molar-refractivity contribution is 0.127. The summed E-state index contributed by atoms with van der Waals surface area (Å²) in [6, 6.07) is 1.65. The predicted octanol–water partition coefficient (Wildman–Crippen LogP) is 0.399. The fourth-order valence-electron chi connectivity index (χ4n) is 0.813. The van der Waals surface area contributed by atoms with Crippen LogP contribution in [0.2, 0.25) is 0 Å². The fraction of sp³-hybridized carbons (Fsp3) is 0.571. The van der Waals surface area contributed by atoms with E-state index in [1.807, 2.05) is 0 Å². The summed E-state index contributed by atoms with van der Waals surface area (Å²) in [5.41, 5.74) is 0.483. The second-order valence-electron chi connectivity index (χ2n) is 2.39. The van der Waals surface area contributed by atoms with Crippen LogP contribution in [0.5, 0.6) is 0 Å². The number of nitrogens with zero attached hydrogens (tertiary/aromatic N) is 1. The Labute approximate surface area is 64.4 Å². The monoisotopic (exact) mass is 157 g/mol. The number of aliphatic hydroxyl groups excluding tert-OH is 2. The van der Waals surface area contributed by atoms with E-state index in [1.165, 1.54) is 0 Å². The first-order valence-electron chi connectivity index (χ1n) is 3.46. The van der Waals surface area contributed by atoms with Crippen LogP contribution < -0.4 is 0 Å². The minimum atomic E-state index is -0.711. The Hall–Kier alpha value is -0.870. The molecule has 0 aromatic carbocycles. The first kappa shape index (κ1) is 8.23. The molecule has 1 aromatic rings. The van der Waals surface area contributed by atoms with Gasteiger partial charge in [-0.3, -0.25) is 0 Å². The molecule has 1 heterocycles. The maximum atomic E-state index is 9.25. The third kappa shape index (κ3) is 2.03. The van der Waals surface area contributed by atoms with E-state index >= 15 is 0 Å². The van der Waals surface area contributed by atoms with E-state index in [0.717, 1.165) is 0 Å². The number of hydrogen-bond donors (Lipinski definition) is 2. The molecular weight excluding hydrogens is 146 g/mol. The number of hydrogen-bond acceptors (Lipinski definition) is 4. The van der Waals surface area contributed by atoms with Gasteiger partial charge in [-0.15, -0.1) is 0 Å². The topological polar surface area (TPSA) is 66.5 Å². The molecule has 1 atom stereocenters. The average molecular weight is 157 g/mol. The molecule has 0 aliphatic carbocycles. The van der Waals surface area contributed by atoms with Crippen LogP contribution in [-0.2, 0) is 0 Å². The van der Waals surface area contributed by atoms with Gasteiger partial charge in [-0.25, -0.2) is 0 Å². The van der Waals surface area contributed by atoms with Crippen molar-refractivity contribution in [3.8, 4) is 0 Å². The van der Waals surface area contributed by atoms with E-state index in [4.69, 9.17) is 9.63 Å². The molecule has 0 amide bonds. The molecule has 1 rings (SSSR count). The third-order valence-electron chi connectivity index (χ3n) is 1.39. The first-order chi connectivity index (χ1) is 5.24. The SMILES string of the molecule is Cc1cc([C@@H](O)CCO)no1. The Bertz CT molecular complexity index is 221. The Morgan fingerprint density at radius 3 is 2.91 bits per heavy atom. The van der Waals surface area contributed by atoms with Crippen LogP contribution >= 0.6 is 0 Å². The number of aryl methyl sites for hydroxylation is 1. The van der Waals surface area contributed by atoms with Gasteiger partial charge < -0.3 is 14.7 Å². The third-order valence-corrected chi connectivity index (χ3v) is 1.39. The van der Waals surface area contributed by atoms with Gasteiger partial charge in [0, 0.05) is 19.1 Å². The van der Waals surface area contributed by atoms with Crippen LogP contribution in [-0.4, -0.2) is 22.0 Å². The summed E-state index contributed by atoms with van der Waals surface area (Å²) in [7, 11) is 0. The molecular formula is C7H11NO3. The van der Waals surface area contributed by atoms with Crippen LogP contribution in [0, 0.1) is 6.92 Å². The van der Waals surface area contributed by atoms with Gasteiger partial charge in [0.1, 0.15) is 17.6 Å². The maximum Gasteiger partial charge on any atom is 0.134 e. The molecule has 0 bridgehead atoms. The van der Waals surface area contributed by atoms with E-state index in [0.29, 0.717) is 17.9 Å². The smallest absolute Gasteiger partial charge is 0.134 e. The lowest BCUT2D eigenvalue weighted by atomic mass is 10.2. The first-order valence-corrected chi connectivity index (χ1v) is 3.46. The zero-order chi connectivity index (χ0) is 8.27. The van der Waals surface area contributed by atoms with Crippen LogP contribution in [0.1, 0.15) is 24.0 Å². The highest BCUT2D eigenvalue weighted by molar-refractivity contribution is 5.06. The molecule has 0 radical (unpaired) electrons. The van der Waals surface area contributed by atoms with Crippen LogP contribution in [0.4, 0.5) is 0 Å². The van der Waals surface area contributed by atoms with Crippen molar-refractivity contribution in [2.75, 3.05) is 6.61 Å². The van der Waals surface area contributed by atoms with Crippen molar-refractivity contribution in [1.29, 1.82) is 0 Å². The second kappa shape index (κ2) is 3.50. The molecule has 62 valence electrons. The van der Waals surface area contributed by atoms with Crippen molar-refractivity contribution in [1.82, 2.24) is 5.16 Å². The van der Waals surface area contributed by atoms with Crippen LogP contribution in [0.3, 0.4) is 0 Å². The Morgan fingerprint density at radius 1 is 1.73 bits per heavy atom. The summed E-state index contributed by atoms with van der Waals surface area (Å²) in [6.45, 7) is 1.70. The summed E-state index contributed by atoms with van der Waals surface area (Å²) in [5.74, 6) is 0.664. The lowest BCUT2D eigenvalue weighted by Crippen LogP contribution is -1.99. The minimum Gasteiger partial charge on any atom is -0.396 e. The molecule has 0 aliphatic heterocycles. The molecule has 2 N–H and O–H groups in total. The summed E-state index contributed by atoms with van der Waals surface area (Å²) >= 11 is 0. The van der Waals surface area contributed by atoms with Gasteiger partial charge >= 0.3 is 0 Å². The van der Waals surface area contributed by atoms with Gasteiger partial charge in [0.15, 0.2) is 0 Å². The van der Waals surface area contributed by atoms with E-state index in [2.05, 4.69) is 5.16 Å². The van der Waals surface area contributed by atoms with Crippen molar-refractivity contribution < 1.29 is 14.7 Å². The van der Waals surface area contributed by atoms with Crippen LogP contribution in [0.25, 0.3) is 0 Å². The molecule has 0 spiro atoms. The van der Waals surface area contributed by atoms with Gasteiger partial charge in [0.2, 0.25) is 0 Å². The summed E-state index contributed by atoms with van der Waals surface area (Å²) < 4.78 is 4.74.